The quantitative estimate of drug-likeness (QED) is 0.660. The molecule has 0 saturated heterocycles. The van der Waals surface area contributed by atoms with Crippen LogP contribution >= 0.6 is 0 Å². The summed E-state index contributed by atoms with van der Waals surface area (Å²) in [5.41, 5.74) is 0.501. The molecule has 0 amide bonds. The van der Waals surface area contributed by atoms with Gasteiger partial charge in [0, 0.05) is 0 Å². The average Bonchev–Trinajstić information content (AvgIpc) is 1.98. The van der Waals surface area contributed by atoms with Gasteiger partial charge in [0.15, 0.2) is 0 Å². The second-order valence-corrected chi connectivity index (χ2v) is 5.08. The van der Waals surface area contributed by atoms with E-state index in [4.69, 9.17) is 5.11 Å². The number of hydrogen-bond donors (Lipinski definition) is 1. The van der Waals surface area contributed by atoms with Crippen molar-refractivity contribution in [2.75, 3.05) is 0 Å². The van der Waals surface area contributed by atoms with Crippen LogP contribution in [0.2, 0.25) is 0 Å². The van der Waals surface area contributed by atoms with Crippen LogP contribution in [0.15, 0.2) is 11.4 Å². The van der Waals surface area contributed by atoms with Gasteiger partial charge in [0.1, 0.15) is 0 Å². The summed E-state index contributed by atoms with van der Waals surface area (Å²) in [5, 5.41) is 8.56. The van der Waals surface area contributed by atoms with Gasteiger partial charge < -0.3 is 5.11 Å². The molecule has 0 aromatic heterocycles. The predicted molar refractivity (Wildman–Crippen MR) is 52.6 cm³/mol. The maximum absolute atomic E-state index is 13.2. The minimum atomic E-state index is -1.43. The molecule has 1 atom stereocenters. The highest BCUT2D eigenvalue weighted by Gasteiger charge is 2.31. The highest BCUT2D eigenvalue weighted by atomic mass is 19.1. The fourth-order valence-electron chi connectivity index (χ4n) is 2.48. The van der Waals surface area contributed by atoms with E-state index < -0.39 is 11.8 Å². The summed E-state index contributed by atoms with van der Waals surface area (Å²) in [6.45, 7) is 6.14. The maximum atomic E-state index is 13.2. The molecule has 0 aromatic rings. The number of carboxylic acids is 1. The van der Waals surface area contributed by atoms with Crippen molar-refractivity contribution in [2.24, 2.45) is 11.3 Å². The van der Waals surface area contributed by atoms with Crippen molar-refractivity contribution in [3.05, 3.63) is 11.4 Å². The van der Waals surface area contributed by atoms with Crippen molar-refractivity contribution in [1.82, 2.24) is 0 Å². The Morgan fingerprint density at radius 1 is 1.57 bits per heavy atom. The molecule has 0 bridgehead atoms. The number of halogens is 1. The molecule has 0 heterocycles. The van der Waals surface area contributed by atoms with Crippen molar-refractivity contribution >= 4 is 5.97 Å². The second kappa shape index (κ2) is 3.71. The number of carbonyl (C=O) groups is 1. The molecular formula is C11H17FO2. The molecule has 1 N–H and O–H groups in total. The van der Waals surface area contributed by atoms with Crippen molar-refractivity contribution in [1.29, 1.82) is 0 Å². The molecule has 1 unspecified atom stereocenters. The van der Waals surface area contributed by atoms with Gasteiger partial charge in [-0.05, 0) is 36.2 Å². The molecule has 80 valence electrons. The third kappa shape index (κ3) is 2.56. The zero-order chi connectivity index (χ0) is 10.9. The number of carboxylic acid groups (broad SMARTS) is 1. The van der Waals surface area contributed by atoms with E-state index in [1.807, 2.05) is 6.92 Å². The summed E-state index contributed by atoms with van der Waals surface area (Å²) in [4.78, 5) is 10.5. The molecule has 1 rings (SSSR count). The Hall–Kier alpha value is -0.860. The van der Waals surface area contributed by atoms with Gasteiger partial charge in [-0.2, -0.15) is 4.39 Å². The Bertz CT molecular complexity index is 279. The molecule has 1 aliphatic rings. The van der Waals surface area contributed by atoms with Crippen LogP contribution in [-0.4, -0.2) is 11.1 Å². The van der Waals surface area contributed by atoms with Crippen molar-refractivity contribution in [3.8, 4) is 0 Å². The highest BCUT2D eigenvalue weighted by molar-refractivity contribution is 5.84. The molecule has 2 nitrogen and oxygen atoms in total. The molecule has 0 aliphatic heterocycles. The van der Waals surface area contributed by atoms with E-state index in [9.17, 15) is 9.18 Å². The molecule has 0 spiro atoms. The van der Waals surface area contributed by atoms with Gasteiger partial charge in [-0.3, -0.25) is 0 Å². The first-order chi connectivity index (χ1) is 6.32. The summed E-state index contributed by atoms with van der Waals surface area (Å²) in [7, 11) is 0. The molecule has 14 heavy (non-hydrogen) atoms. The van der Waals surface area contributed by atoms with E-state index >= 15 is 0 Å². The van der Waals surface area contributed by atoms with Gasteiger partial charge in [-0.1, -0.05) is 20.8 Å². The van der Waals surface area contributed by atoms with Crippen LogP contribution in [0, 0.1) is 11.3 Å². The number of rotatable bonds is 1. The van der Waals surface area contributed by atoms with Crippen molar-refractivity contribution in [2.45, 2.75) is 40.0 Å². The Kier molecular flexibility index (Phi) is 2.98. The van der Waals surface area contributed by atoms with Crippen LogP contribution in [0.25, 0.3) is 0 Å². The molecule has 1 aliphatic carbocycles. The molecule has 0 radical (unpaired) electrons. The molecule has 1 saturated carbocycles. The lowest BCUT2D eigenvalue weighted by molar-refractivity contribution is -0.134. The van der Waals surface area contributed by atoms with Gasteiger partial charge in [0.2, 0.25) is 5.83 Å². The summed E-state index contributed by atoms with van der Waals surface area (Å²) < 4.78 is 13.2. The summed E-state index contributed by atoms with van der Waals surface area (Å²) in [6, 6.07) is 0. The standard InChI is InChI=1S/C11H17FO2/c1-7-4-8(9(12)10(13)14)6-11(2,3)5-7/h7H,4-6H2,1-3H3,(H,13,14). The lowest BCUT2D eigenvalue weighted by atomic mass is 9.70. The predicted octanol–water partition coefficient (Wildman–Crippen LogP) is 3.14. The van der Waals surface area contributed by atoms with Gasteiger partial charge in [-0.15, -0.1) is 0 Å². The summed E-state index contributed by atoms with van der Waals surface area (Å²) in [6.07, 6.45) is 2.18. The third-order valence-electron chi connectivity index (χ3n) is 2.69. The van der Waals surface area contributed by atoms with Gasteiger partial charge in [0.05, 0.1) is 0 Å². The fraction of sp³-hybridized carbons (Fsp3) is 0.727. The van der Waals surface area contributed by atoms with E-state index in [-0.39, 0.29) is 5.41 Å². The first-order valence-electron chi connectivity index (χ1n) is 4.92. The monoisotopic (exact) mass is 200 g/mol. The van der Waals surface area contributed by atoms with Crippen LogP contribution in [0.3, 0.4) is 0 Å². The molecular weight excluding hydrogens is 183 g/mol. The number of aliphatic carboxylic acids is 1. The van der Waals surface area contributed by atoms with Crippen LogP contribution in [0.1, 0.15) is 40.0 Å². The van der Waals surface area contributed by atoms with E-state index in [0.29, 0.717) is 24.3 Å². The SMILES string of the molecule is CC1CC(=C(F)C(=O)O)CC(C)(C)C1. The topological polar surface area (TPSA) is 37.3 Å². The summed E-state index contributed by atoms with van der Waals surface area (Å²) >= 11 is 0. The first kappa shape index (κ1) is 11.2. The Labute approximate surface area is 83.8 Å². The molecule has 1 fully saturated rings. The number of hydrogen-bond acceptors (Lipinski definition) is 1. The van der Waals surface area contributed by atoms with E-state index in [1.165, 1.54) is 0 Å². The smallest absolute Gasteiger partial charge is 0.364 e. The maximum Gasteiger partial charge on any atom is 0.364 e. The average molecular weight is 200 g/mol. The van der Waals surface area contributed by atoms with Crippen LogP contribution in [-0.2, 0) is 4.79 Å². The second-order valence-electron chi connectivity index (χ2n) is 5.08. The van der Waals surface area contributed by atoms with Crippen LogP contribution in [0.4, 0.5) is 4.39 Å². The zero-order valence-corrected chi connectivity index (χ0v) is 8.93. The Balaban J connectivity index is 2.91. The molecule has 3 heteroatoms. The number of allylic oxidation sites excluding steroid dienone is 1. The summed E-state index contributed by atoms with van der Waals surface area (Å²) in [5.74, 6) is -1.99. The minimum absolute atomic E-state index is 0.0276. The zero-order valence-electron chi connectivity index (χ0n) is 8.93. The van der Waals surface area contributed by atoms with Gasteiger partial charge >= 0.3 is 5.97 Å². The Morgan fingerprint density at radius 2 is 2.14 bits per heavy atom. The first-order valence-corrected chi connectivity index (χ1v) is 4.92. The minimum Gasteiger partial charge on any atom is -0.476 e. The highest BCUT2D eigenvalue weighted by Crippen LogP contribution is 2.42. The lowest BCUT2D eigenvalue weighted by Crippen LogP contribution is -2.24. The van der Waals surface area contributed by atoms with Crippen LogP contribution in [0.5, 0.6) is 0 Å². The fourth-order valence-corrected chi connectivity index (χ4v) is 2.48. The van der Waals surface area contributed by atoms with Gasteiger partial charge in [0.25, 0.3) is 0 Å². The normalized spacial score (nSPS) is 29.9. The molecule has 0 aromatic carbocycles. The van der Waals surface area contributed by atoms with Crippen molar-refractivity contribution in [3.63, 3.8) is 0 Å². The lowest BCUT2D eigenvalue weighted by Gasteiger charge is -2.35. The Morgan fingerprint density at radius 3 is 2.57 bits per heavy atom. The van der Waals surface area contributed by atoms with E-state index in [1.54, 1.807) is 0 Å². The largest absolute Gasteiger partial charge is 0.476 e. The van der Waals surface area contributed by atoms with E-state index in [0.717, 1.165) is 6.42 Å². The van der Waals surface area contributed by atoms with Crippen LogP contribution < -0.4 is 0 Å². The van der Waals surface area contributed by atoms with Gasteiger partial charge in [-0.25, -0.2) is 4.79 Å². The third-order valence-corrected chi connectivity index (χ3v) is 2.69. The van der Waals surface area contributed by atoms with E-state index in [2.05, 4.69) is 13.8 Å². The van der Waals surface area contributed by atoms with Crippen molar-refractivity contribution < 1.29 is 14.3 Å².